The van der Waals surface area contributed by atoms with E-state index in [-0.39, 0.29) is 6.04 Å². The van der Waals surface area contributed by atoms with Gasteiger partial charge in [-0.3, -0.25) is 4.90 Å². The van der Waals surface area contributed by atoms with Gasteiger partial charge < -0.3 is 5.73 Å². The minimum atomic E-state index is -3.08. The standard InChI is InChI=1S/C14H23N3O2S2/c1-20-13-5-3-12(4-6-13)14(11-15)16-7-9-17(10-8-16)21(2,18)19/h3-6,14H,7-11,15H2,1-2H3. The van der Waals surface area contributed by atoms with Crippen molar-refractivity contribution in [2.24, 2.45) is 5.73 Å². The summed E-state index contributed by atoms with van der Waals surface area (Å²) in [5.74, 6) is 0. The average molecular weight is 329 g/mol. The molecule has 1 aromatic carbocycles. The highest BCUT2D eigenvalue weighted by atomic mass is 32.2. The summed E-state index contributed by atoms with van der Waals surface area (Å²) in [5, 5.41) is 0. The van der Waals surface area contributed by atoms with E-state index in [2.05, 4.69) is 35.4 Å². The summed E-state index contributed by atoms with van der Waals surface area (Å²) in [5.41, 5.74) is 7.15. The van der Waals surface area contributed by atoms with Gasteiger partial charge in [0.05, 0.1) is 6.26 Å². The van der Waals surface area contributed by atoms with Crippen LogP contribution in [0.4, 0.5) is 0 Å². The zero-order valence-electron chi connectivity index (χ0n) is 12.5. The zero-order valence-corrected chi connectivity index (χ0v) is 14.2. The highest BCUT2D eigenvalue weighted by Crippen LogP contribution is 2.24. The van der Waals surface area contributed by atoms with Crippen molar-refractivity contribution in [1.29, 1.82) is 0 Å². The summed E-state index contributed by atoms with van der Waals surface area (Å²) >= 11 is 1.72. The molecule has 1 unspecified atom stereocenters. The largest absolute Gasteiger partial charge is 0.329 e. The molecule has 1 aromatic rings. The lowest BCUT2D eigenvalue weighted by molar-refractivity contribution is 0.140. The van der Waals surface area contributed by atoms with Crippen molar-refractivity contribution in [3.8, 4) is 0 Å². The summed E-state index contributed by atoms with van der Waals surface area (Å²) in [6, 6.07) is 8.60. The highest BCUT2D eigenvalue weighted by Gasteiger charge is 2.27. The van der Waals surface area contributed by atoms with Crippen molar-refractivity contribution >= 4 is 21.8 Å². The Kier molecular flexibility index (Phi) is 5.67. The van der Waals surface area contributed by atoms with E-state index in [9.17, 15) is 8.42 Å². The predicted molar refractivity (Wildman–Crippen MR) is 88.0 cm³/mol. The zero-order chi connectivity index (χ0) is 15.5. The molecular weight excluding hydrogens is 306 g/mol. The monoisotopic (exact) mass is 329 g/mol. The summed E-state index contributed by atoms with van der Waals surface area (Å²) in [6.45, 7) is 3.06. The Bertz CT molecular complexity index is 552. The molecule has 1 saturated heterocycles. The topological polar surface area (TPSA) is 66.6 Å². The van der Waals surface area contributed by atoms with Gasteiger partial charge >= 0.3 is 0 Å². The number of benzene rings is 1. The fraction of sp³-hybridized carbons (Fsp3) is 0.571. The van der Waals surface area contributed by atoms with Gasteiger partial charge in [-0.25, -0.2) is 8.42 Å². The van der Waals surface area contributed by atoms with Crippen molar-refractivity contribution in [3.63, 3.8) is 0 Å². The maximum Gasteiger partial charge on any atom is 0.211 e. The van der Waals surface area contributed by atoms with Crippen LogP contribution in [0.15, 0.2) is 29.2 Å². The summed E-state index contributed by atoms with van der Waals surface area (Å²) in [4.78, 5) is 3.51. The summed E-state index contributed by atoms with van der Waals surface area (Å²) < 4.78 is 24.6. The first kappa shape index (κ1) is 16.8. The van der Waals surface area contributed by atoms with Gasteiger partial charge in [-0.15, -0.1) is 11.8 Å². The molecule has 1 aliphatic rings. The second kappa shape index (κ2) is 7.11. The molecule has 118 valence electrons. The fourth-order valence-electron chi connectivity index (χ4n) is 2.67. The molecule has 1 atom stereocenters. The highest BCUT2D eigenvalue weighted by molar-refractivity contribution is 7.98. The van der Waals surface area contributed by atoms with Gasteiger partial charge in [0.15, 0.2) is 0 Å². The Hall–Kier alpha value is -0.600. The third-order valence-corrected chi connectivity index (χ3v) is 5.95. The Morgan fingerprint density at radius 3 is 2.19 bits per heavy atom. The van der Waals surface area contributed by atoms with Gasteiger partial charge in [0.25, 0.3) is 0 Å². The van der Waals surface area contributed by atoms with Crippen LogP contribution < -0.4 is 5.73 Å². The van der Waals surface area contributed by atoms with Crippen molar-refractivity contribution < 1.29 is 8.42 Å². The van der Waals surface area contributed by atoms with Gasteiger partial charge in [0.1, 0.15) is 0 Å². The fourth-order valence-corrected chi connectivity index (χ4v) is 3.90. The molecule has 0 radical (unpaired) electrons. The minimum Gasteiger partial charge on any atom is -0.329 e. The van der Waals surface area contributed by atoms with Crippen LogP contribution in [0.25, 0.3) is 0 Å². The quantitative estimate of drug-likeness (QED) is 0.816. The molecule has 1 heterocycles. The molecule has 7 heteroatoms. The summed E-state index contributed by atoms with van der Waals surface area (Å²) in [6.07, 6.45) is 3.32. The van der Waals surface area contributed by atoms with E-state index in [1.165, 1.54) is 21.0 Å². The third kappa shape index (κ3) is 4.20. The molecule has 0 saturated carbocycles. The molecule has 0 bridgehead atoms. The number of piperazine rings is 1. The third-order valence-electron chi connectivity index (χ3n) is 3.91. The second-order valence-electron chi connectivity index (χ2n) is 5.22. The predicted octanol–water partition coefficient (Wildman–Crippen LogP) is 0.986. The van der Waals surface area contributed by atoms with Crippen LogP contribution in [0.2, 0.25) is 0 Å². The molecule has 2 rings (SSSR count). The van der Waals surface area contributed by atoms with Crippen molar-refractivity contribution in [2.75, 3.05) is 45.2 Å². The first-order valence-corrected chi connectivity index (χ1v) is 10.1. The molecule has 1 fully saturated rings. The van der Waals surface area contributed by atoms with Gasteiger partial charge in [-0.05, 0) is 24.0 Å². The molecule has 0 amide bonds. The van der Waals surface area contributed by atoms with Crippen molar-refractivity contribution in [2.45, 2.75) is 10.9 Å². The van der Waals surface area contributed by atoms with Crippen LogP contribution in [-0.2, 0) is 10.0 Å². The number of sulfonamides is 1. The Balaban J connectivity index is 2.05. The Labute approximate surface area is 131 Å². The Morgan fingerprint density at radius 2 is 1.76 bits per heavy atom. The van der Waals surface area contributed by atoms with Crippen molar-refractivity contribution in [1.82, 2.24) is 9.21 Å². The molecule has 21 heavy (non-hydrogen) atoms. The van der Waals surface area contributed by atoms with E-state index in [1.807, 2.05) is 0 Å². The molecule has 5 nitrogen and oxygen atoms in total. The average Bonchev–Trinajstić information content (AvgIpc) is 2.48. The molecule has 0 spiro atoms. The Morgan fingerprint density at radius 1 is 1.19 bits per heavy atom. The second-order valence-corrected chi connectivity index (χ2v) is 8.08. The van der Waals surface area contributed by atoms with Crippen LogP contribution in [0.3, 0.4) is 0 Å². The van der Waals surface area contributed by atoms with E-state index >= 15 is 0 Å². The number of thioether (sulfide) groups is 1. The number of nitrogens with zero attached hydrogens (tertiary/aromatic N) is 2. The molecule has 2 N–H and O–H groups in total. The lowest BCUT2D eigenvalue weighted by Crippen LogP contribution is -2.50. The normalized spacial score (nSPS) is 19.6. The molecular formula is C14H23N3O2S2. The van der Waals surface area contributed by atoms with E-state index in [1.54, 1.807) is 11.8 Å². The smallest absolute Gasteiger partial charge is 0.211 e. The first-order chi connectivity index (χ1) is 9.95. The maximum absolute atomic E-state index is 11.6. The van der Waals surface area contributed by atoms with E-state index in [0.29, 0.717) is 19.6 Å². The van der Waals surface area contributed by atoms with Crippen LogP contribution in [0.5, 0.6) is 0 Å². The van der Waals surface area contributed by atoms with Crippen molar-refractivity contribution in [3.05, 3.63) is 29.8 Å². The number of hydrogen-bond donors (Lipinski definition) is 1. The number of hydrogen-bond acceptors (Lipinski definition) is 5. The van der Waals surface area contributed by atoms with Gasteiger partial charge in [0, 0.05) is 43.7 Å². The maximum atomic E-state index is 11.6. The molecule has 0 aliphatic carbocycles. The van der Waals surface area contributed by atoms with Crippen LogP contribution >= 0.6 is 11.8 Å². The minimum absolute atomic E-state index is 0.155. The van der Waals surface area contributed by atoms with Gasteiger partial charge in [-0.1, -0.05) is 12.1 Å². The molecule has 1 aliphatic heterocycles. The van der Waals surface area contributed by atoms with Gasteiger partial charge in [-0.2, -0.15) is 4.31 Å². The lowest BCUT2D eigenvalue weighted by atomic mass is 10.0. The van der Waals surface area contributed by atoms with Gasteiger partial charge in [0.2, 0.25) is 10.0 Å². The van der Waals surface area contributed by atoms with E-state index < -0.39 is 10.0 Å². The SMILES string of the molecule is CSc1ccc(C(CN)N2CCN(S(C)(=O)=O)CC2)cc1. The number of nitrogens with two attached hydrogens (primary N) is 1. The lowest BCUT2D eigenvalue weighted by Gasteiger charge is -2.38. The molecule has 0 aromatic heterocycles. The summed E-state index contributed by atoms with van der Waals surface area (Å²) in [7, 11) is -3.08. The number of rotatable bonds is 5. The van der Waals surface area contributed by atoms with E-state index in [4.69, 9.17) is 5.73 Å². The van der Waals surface area contributed by atoms with Crippen LogP contribution in [-0.4, -0.2) is 62.9 Å². The first-order valence-electron chi connectivity index (χ1n) is 6.99. The van der Waals surface area contributed by atoms with Crippen LogP contribution in [0, 0.1) is 0 Å². The van der Waals surface area contributed by atoms with E-state index in [0.717, 1.165) is 13.1 Å². The van der Waals surface area contributed by atoms with Crippen LogP contribution in [0.1, 0.15) is 11.6 Å².